The van der Waals surface area contributed by atoms with Crippen molar-refractivity contribution < 1.29 is 0 Å². The Hall–Kier alpha value is -0.600. The van der Waals surface area contributed by atoms with Crippen LogP contribution in [0.4, 0.5) is 0 Å². The van der Waals surface area contributed by atoms with Crippen LogP contribution in [-0.4, -0.2) is 26.2 Å². The maximum Gasteiger partial charge on any atom is 0.0102 e. The van der Waals surface area contributed by atoms with Crippen LogP contribution in [0.1, 0.15) is 90.9 Å². The zero-order valence-corrected chi connectivity index (χ0v) is 18.4. The summed E-state index contributed by atoms with van der Waals surface area (Å²) in [6.45, 7) is 4.71. The van der Waals surface area contributed by atoms with Gasteiger partial charge in [-0.25, -0.2) is 0 Å². The normalized spacial score (nSPS) is 26.5. The topological polar surface area (TPSA) is 24.1 Å². The van der Waals surface area contributed by atoms with Crippen LogP contribution in [0.25, 0.3) is 0 Å². The van der Waals surface area contributed by atoms with Crippen molar-refractivity contribution in [1.82, 2.24) is 10.6 Å². The van der Waals surface area contributed by atoms with E-state index in [1.54, 1.807) is 11.1 Å². The Kier molecular flexibility index (Phi) is 7.62. The lowest BCUT2D eigenvalue weighted by Crippen LogP contribution is -2.34. The second-order valence-corrected chi connectivity index (χ2v) is 9.89. The van der Waals surface area contributed by atoms with Crippen LogP contribution in [-0.2, 0) is 0 Å². The van der Waals surface area contributed by atoms with E-state index in [1.807, 2.05) is 0 Å². The highest BCUT2D eigenvalue weighted by molar-refractivity contribution is 5.46. The van der Waals surface area contributed by atoms with E-state index in [-0.39, 0.29) is 5.41 Å². The van der Waals surface area contributed by atoms with Gasteiger partial charge in [-0.15, -0.1) is 0 Å². The summed E-state index contributed by atoms with van der Waals surface area (Å²) in [5.41, 5.74) is 3.81. The van der Waals surface area contributed by atoms with Crippen molar-refractivity contribution in [3.63, 3.8) is 0 Å². The third-order valence-corrected chi connectivity index (χ3v) is 7.67. The second kappa shape index (κ2) is 9.74. The predicted octanol–water partition coefficient (Wildman–Crippen LogP) is 6.00. The molecule has 2 heteroatoms. The molecular formula is C25H44N2. The molecule has 0 aliphatic heterocycles. The van der Waals surface area contributed by atoms with Gasteiger partial charge in [-0.2, -0.15) is 0 Å². The van der Waals surface area contributed by atoms with Crippen molar-refractivity contribution in [2.24, 2.45) is 17.3 Å². The Morgan fingerprint density at radius 2 is 1.11 bits per heavy atom. The first-order valence-electron chi connectivity index (χ1n) is 11.9. The standard InChI is InChI=1S/C25H44N2/c1-19(26-3)15-25(16-20(2)27-4)17-23(21-11-7-5-8-12-21)24(18-25)22-13-9-6-10-14-22/h17-22,26-27H,5-16H2,1-4H3. The van der Waals surface area contributed by atoms with Crippen molar-refractivity contribution in [2.75, 3.05) is 14.1 Å². The lowest BCUT2D eigenvalue weighted by atomic mass is 9.75. The maximum atomic E-state index is 3.52. The molecule has 154 valence electrons. The van der Waals surface area contributed by atoms with Gasteiger partial charge >= 0.3 is 0 Å². The van der Waals surface area contributed by atoms with Gasteiger partial charge in [0.15, 0.2) is 0 Å². The van der Waals surface area contributed by atoms with Gasteiger partial charge < -0.3 is 10.6 Å². The van der Waals surface area contributed by atoms with Gasteiger partial charge in [-0.05, 0) is 89.4 Å². The minimum absolute atomic E-state index is 0.240. The lowest BCUT2D eigenvalue weighted by molar-refractivity contribution is 0.324. The van der Waals surface area contributed by atoms with Crippen molar-refractivity contribution >= 4 is 0 Å². The van der Waals surface area contributed by atoms with Crippen LogP contribution >= 0.6 is 0 Å². The highest BCUT2D eigenvalue weighted by atomic mass is 14.9. The molecule has 2 nitrogen and oxygen atoms in total. The van der Waals surface area contributed by atoms with Crippen molar-refractivity contribution in [3.8, 4) is 0 Å². The summed E-state index contributed by atoms with van der Waals surface area (Å²) in [5.74, 6) is 1.67. The number of hydrogen-bond acceptors (Lipinski definition) is 2. The van der Waals surface area contributed by atoms with Crippen LogP contribution in [0.3, 0.4) is 0 Å². The van der Waals surface area contributed by atoms with Gasteiger partial charge in [0, 0.05) is 17.5 Å². The molecule has 27 heavy (non-hydrogen) atoms. The first-order chi connectivity index (χ1) is 13.1. The van der Waals surface area contributed by atoms with Crippen LogP contribution in [0, 0.1) is 17.3 Å². The molecule has 0 amide bonds. The summed E-state index contributed by atoms with van der Waals surface area (Å²) in [5, 5.41) is 7.04. The van der Waals surface area contributed by atoms with E-state index in [2.05, 4.69) is 50.7 Å². The smallest absolute Gasteiger partial charge is 0.0102 e. The number of hydrogen-bond donors (Lipinski definition) is 2. The van der Waals surface area contributed by atoms with Gasteiger partial charge in [0.2, 0.25) is 0 Å². The first kappa shape index (κ1) is 21.1. The van der Waals surface area contributed by atoms with Crippen molar-refractivity contribution in [1.29, 1.82) is 0 Å². The summed E-state index contributed by atoms with van der Waals surface area (Å²) in [4.78, 5) is 0. The van der Waals surface area contributed by atoms with Crippen molar-refractivity contribution in [2.45, 2.75) is 103 Å². The van der Waals surface area contributed by atoms with Crippen LogP contribution in [0.2, 0.25) is 0 Å². The summed E-state index contributed by atoms with van der Waals surface area (Å²) < 4.78 is 0. The minimum atomic E-state index is 0.240. The first-order valence-corrected chi connectivity index (χ1v) is 11.9. The predicted molar refractivity (Wildman–Crippen MR) is 118 cm³/mol. The van der Waals surface area contributed by atoms with Crippen LogP contribution in [0.5, 0.6) is 0 Å². The summed E-state index contributed by atoms with van der Waals surface area (Å²) in [6.07, 6.45) is 22.3. The van der Waals surface area contributed by atoms with Gasteiger partial charge in [0.1, 0.15) is 0 Å². The van der Waals surface area contributed by atoms with Gasteiger partial charge in [-0.1, -0.05) is 50.7 Å². The average molecular weight is 373 g/mol. The molecule has 0 saturated heterocycles. The number of rotatable bonds is 8. The molecule has 3 aliphatic carbocycles. The van der Waals surface area contributed by atoms with Gasteiger partial charge in [0.05, 0.1) is 0 Å². The van der Waals surface area contributed by atoms with E-state index in [1.165, 1.54) is 77.0 Å². The maximum absolute atomic E-state index is 3.52. The van der Waals surface area contributed by atoms with Crippen LogP contribution < -0.4 is 10.6 Å². The summed E-state index contributed by atoms with van der Waals surface area (Å²) in [7, 11) is 4.23. The van der Waals surface area contributed by atoms with E-state index in [4.69, 9.17) is 0 Å². The Bertz CT molecular complexity index is 472. The fourth-order valence-electron chi connectivity index (χ4n) is 6.03. The Morgan fingerprint density at radius 1 is 0.741 bits per heavy atom. The molecule has 0 spiro atoms. The quantitative estimate of drug-likeness (QED) is 0.546. The molecule has 0 aromatic heterocycles. The Balaban J connectivity index is 1.93. The Morgan fingerprint density at radius 3 is 1.44 bits per heavy atom. The largest absolute Gasteiger partial charge is 0.317 e. The van der Waals surface area contributed by atoms with E-state index >= 15 is 0 Å². The molecule has 0 aromatic rings. The van der Waals surface area contributed by atoms with E-state index in [0.29, 0.717) is 12.1 Å². The third kappa shape index (κ3) is 5.26. The SMILES string of the molecule is CNC(C)CC1(CC(C)NC)C=C(C2CCCCC2)C(C2CCCCC2)=C1. The molecule has 0 bridgehead atoms. The third-order valence-electron chi connectivity index (χ3n) is 7.67. The molecule has 2 saturated carbocycles. The minimum Gasteiger partial charge on any atom is -0.317 e. The van der Waals surface area contributed by atoms with E-state index in [9.17, 15) is 0 Å². The lowest BCUT2D eigenvalue weighted by Gasteiger charge is -2.32. The molecule has 3 aliphatic rings. The molecule has 3 rings (SSSR count). The molecule has 2 N–H and O–H groups in total. The molecule has 2 fully saturated rings. The zero-order valence-electron chi connectivity index (χ0n) is 18.4. The van der Waals surface area contributed by atoms with E-state index < -0.39 is 0 Å². The highest BCUT2D eigenvalue weighted by Crippen LogP contribution is 2.50. The average Bonchev–Trinajstić information content (AvgIpc) is 3.08. The molecule has 0 radical (unpaired) electrons. The summed E-state index contributed by atoms with van der Waals surface area (Å²) >= 11 is 0. The Labute approximate surface area is 168 Å². The molecule has 2 atom stereocenters. The molecule has 0 heterocycles. The number of nitrogens with one attached hydrogen (secondary N) is 2. The van der Waals surface area contributed by atoms with Gasteiger partial charge in [0.25, 0.3) is 0 Å². The highest BCUT2D eigenvalue weighted by Gasteiger charge is 2.39. The fourth-order valence-corrected chi connectivity index (χ4v) is 6.03. The van der Waals surface area contributed by atoms with Crippen molar-refractivity contribution in [3.05, 3.63) is 23.3 Å². The molecule has 2 unspecified atom stereocenters. The molecule has 0 aromatic carbocycles. The van der Waals surface area contributed by atoms with Gasteiger partial charge in [-0.3, -0.25) is 0 Å². The zero-order chi connectivity index (χ0) is 19.3. The monoisotopic (exact) mass is 372 g/mol. The molecular weight excluding hydrogens is 328 g/mol. The van der Waals surface area contributed by atoms with Crippen LogP contribution in [0.15, 0.2) is 23.3 Å². The fraction of sp³-hybridized carbons (Fsp3) is 0.840. The number of allylic oxidation sites excluding steroid dienone is 4. The van der Waals surface area contributed by atoms with E-state index in [0.717, 1.165) is 11.8 Å². The summed E-state index contributed by atoms with van der Waals surface area (Å²) in [6, 6.07) is 1.11. The second-order valence-electron chi connectivity index (χ2n) is 9.89.